The number of hydrogen-bond donors (Lipinski definition) is 2. The molecule has 10 heteroatoms. The Kier molecular flexibility index (Phi) is 17.0. The number of hydrogen-bond acceptors (Lipinski definition) is 7. The van der Waals surface area contributed by atoms with Crippen LogP contribution in [-0.4, -0.2) is 63.1 Å². The molecular formula is C43H65N5O5. The number of nitrogens with zero attached hydrogens (tertiary/aromatic N) is 3. The van der Waals surface area contributed by atoms with Crippen molar-refractivity contribution in [2.45, 2.75) is 120 Å². The molecule has 1 saturated heterocycles. The lowest BCUT2D eigenvalue weighted by atomic mass is 10.0. The highest BCUT2D eigenvalue weighted by atomic mass is 16.6. The summed E-state index contributed by atoms with van der Waals surface area (Å²) in [5, 5.41) is 5.84. The Morgan fingerprint density at radius 2 is 1.42 bits per heavy atom. The van der Waals surface area contributed by atoms with E-state index in [-0.39, 0.29) is 17.6 Å². The molecule has 292 valence electrons. The quantitative estimate of drug-likeness (QED) is 0.191. The lowest BCUT2D eigenvalue weighted by molar-refractivity contribution is -0.132. The number of aryl methyl sites for hydroxylation is 1. The number of carbonyl (C=O) groups is 3. The number of imidazole rings is 1. The number of ketones is 1. The molecule has 2 unspecified atom stereocenters. The predicted molar refractivity (Wildman–Crippen MR) is 215 cm³/mol. The number of likely N-dealkylation sites (tertiary alicyclic amines) is 1. The lowest BCUT2D eigenvalue weighted by Gasteiger charge is -2.26. The maximum absolute atomic E-state index is 13.5. The first-order valence-corrected chi connectivity index (χ1v) is 18.6. The van der Waals surface area contributed by atoms with Crippen LogP contribution in [0.1, 0.15) is 112 Å². The molecule has 0 spiro atoms. The van der Waals surface area contributed by atoms with E-state index in [1.54, 1.807) is 34.6 Å². The standard InChI is InChI=1S/C28H34N4O2.C10H19NO3.C5H12/c1-21(19-34-20-24-12-6-4-7-13-24)22(2)29-26-18-32(23(3)30-26)27(25-14-8-5-9-15-25)28(33)31-16-10-11-17-31;1-7(12)10(5,6)11-8(13)14-9(2,3)4;1-5(2,3)4/h4-9,12-15,18,21,27,29H,2,10-11,16-17,19-20H2,1,3H3;1-6H3,(H,11,13);1-4H3. The second-order valence-corrected chi connectivity index (χ2v) is 16.8. The zero-order valence-electron chi connectivity index (χ0n) is 34.3. The molecule has 2 heterocycles. The van der Waals surface area contributed by atoms with Crippen molar-refractivity contribution in [3.05, 3.63) is 96.1 Å². The summed E-state index contributed by atoms with van der Waals surface area (Å²) in [7, 11) is 0. The number of anilines is 1. The second-order valence-electron chi connectivity index (χ2n) is 16.8. The van der Waals surface area contributed by atoms with Gasteiger partial charge in [-0.2, -0.15) is 0 Å². The first-order chi connectivity index (χ1) is 24.6. The topological polar surface area (TPSA) is 115 Å². The molecule has 2 aromatic carbocycles. The molecule has 2 amide bonds. The molecule has 0 radical (unpaired) electrons. The number of amides is 2. The summed E-state index contributed by atoms with van der Waals surface area (Å²) in [5.41, 5.74) is 2.03. The maximum Gasteiger partial charge on any atom is 0.408 e. The van der Waals surface area contributed by atoms with Crippen molar-refractivity contribution in [1.82, 2.24) is 19.8 Å². The highest BCUT2D eigenvalue weighted by Gasteiger charge is 2.31. The monoisotopic (exact) mass is 731 g/mol. The Balaban J connectivity index is 0.000000426. The fraction of sp³-hybridized carbons (Fsp3) is 0.535. The number of ether oxygens (including phenoxy) is 2. The fourth-order valence-electron chi connectivity index (χ4n) is 4.94. The van der Waals surface area contributed by atoms with Crippen molar-refractivity contribution < 1.29 is 23.9 Å². The highest BCUT2D eigenvalue weighted by molar-refractivity contribution is 5.89. The van der Waals surface area contributed by atoms with E-state index in [1.165, 1.54) is 6.92 Å². The molecule has 1 aliphatic rings. The van der Waals surface area contributed by atoms with Crippen LogP contribution in [-0.2, 0) is 25.7 Å². The average molecular weight is 732 g/mol. The molecule has 0 bridgehead atoms. The molecule has 2 atom stereocenters. The van der Waals surface area contributed by atoms with Gasteiger partial charge < -0.3 is 29.6 Å². The largest absolute Gasteiger partial charge is 0.444 e. The van der Waals surface area contributed by atoms with E-state index in [2.05, 4.69) is 64.0 Å². The van der Waals surface area contributed by atoms with Crippen LogP contribution < -0.4 is 10.6 Å². The molecule has 4 rings (SSSR count). The van der Waals surface area contributed by atoms with Gasteiger partial charge in [-0.3, -0.25) is 9.59 Å². The summed E-state index contributed by atoms with van der Waals surface area (Å²) >= 11 is 0. The van der Waals surface area contributed by atoms with Crippen LogP contribution in [0.3, 0.4) is 0 Å². The lowest BCUT2D eigenvalue weighted by Crippen LogP contribution is -2.50. The van der Waals surface area contributed by atoms with Gasteiger partial charge >= 0.3 is 6.09 Å². The molecular weight excluding hydrogens is 667 g/mol. The molecule has 2 N–H and O–H groups in total. The average Bonchev–Trinajstić information content (AvgIpc) is 3.71. The Labute approximate surface area is 318 Å². The van der Waals surface area contributed by atoms with Crippen LogP contribution in [0.4, 0.5) is 10.6 Å². The van der Waals surface area contributed by atoms with E-state index in [0.29, 0.717) is 24.4 Å². The minimum absolute atomic E-state index is 0.102. The maximum atomic E-state index is 13.5. The Bertz CT molecular complexity index is 1590. The third kappa shape index (κ3) is 16.8. The summed E-state index contributed by atoms with van der Waals surface area (Å²) in [6, 6.07) is 19.7. The van der Waals surface area contributed by atoms with Gasteiger partial charge in [-0.15, -0.1) is 0 Å². The summed E-state index contributed by atoms with van der Waals surface area (Å²) < 4.78 is 12.9. The van der Waals surface area contributed by atoms with Crippen LogP contribution in [0.15, 0.2) is 79.1 Å². The van der Waals surface area contributed by atoms with E-state index in [1.807, 2.05) is 71.1 Å². The van der Waals surface area contributed by atoms with Crippen LogP contribution in [0.5, 0.6) is 0 Å². The number of nitrogens with one attached hydrogen (secondary N) is 2. The van der Waals surface area contributed by atoms with Crippen LogP contribution in [0, 0.1) is 18.3 Å². The van der Waals surface area contributed by atoms with Gasteiger partial charge in [0, 0.05) is 30.9 Å². The number of rotatable bonds is 12. The fourth-order valence-corrected chi connectivity index (χ4v) is 4.94. The Morgan fingerprint density at radius 3 is 1.92 bits per heavy atom. The van der Waals surface area contributed by atoms with Crippen molar-refractivity contribution in [1.29, 1.82) is 0 Å². The normalized spacial score (nSPS) is 14.1. The van der Waals surface area contributed by atoms with Gasteiger partial charge in [-0.25, -0.2) is 9.78 Å². The number of carbonyl (C=O) groups excluding carboxylic acids is 3. The molecule has 10 nitrogen and oxygen atoms in total. The second kappa shape index (κ2) is 20.1. The molecule has 53 heavy (non-hydrogen) atoms. The first-order valence-electron chi connectivity index (χ1n) is 18.6. The molecule has 3 aromatic rings. The van der Waals surface area contributed by atoms with Crippen LogP contribution >= 0.6 is 0 Å². The third-order valence-corrected chi connectivity index (χ3v) is 8.02. The van der Waals surface area contributed by atoms with Gasteiger partial charge in [-0.1, -0.05) is 102 Å². The van der Waals surface area contributed by atoms with Crippen molar-refractivity contribution in [3.8, 4) is 0 Å². The summed E-state index contributed by atoms with van der Waals surface area (Å²) in [5.74, 6) is 1.59. The minimum atomic E-state index is -0.873. The van der Waals surface area contributed by atoms with Gasteiger partial charge in [-0.05, 0) is 77.8 Å². The molecule has 1 aliphatic heterocycles. The first kappa shape index (κ1) is 44.7. The summed E-state index contributed by atoms with van der Waals surface area (Å²) in [6.07, 6.45) is 3.47. The van der Waals surface area contributed by atoms with E-state index in [4.69, 9.17) is 14.5 Å². The van der Waals surface area contributed by atoms with Gasteiger partial charge in [0.25, 0.3) is 0 Å². The number of aromatic nitrogens is 2. The Hall–Kier alpha value is -4.44. The number of alkyl carbamates (subject to hydrolysis) is 1. The minimum Gasteiger partial charge on any atom is -0.444 e. The molecule has 0 saturated carbocycles. The van der Waals surface area contributed by atoms with Gasteiger partial charge in [0.1, 0.15) is 23.3 Å². The molecule has 1 fully saturated rings. The van der Waals surface area contributed by atoms with Gasteiger partial charge in [0.2, 0.25) is 5.91 Å². The van der Waals surface area contributed by atoms with Crippen molar-refractivity contribution >= 4 is 23.6 Å². The van der Waals surface area contributed by atoms with Crippen LogP contribution in [0.2, 0.25) is 0 Å². The Morgan fingerprint density at radius 1 is 0.887 bits per heavy atom. The SMILES string of the molecule is C=C(Nc1cn(C(C(=O)N2CCCC2)c2ccccc2)c(C)n1)C(C)COCc1ccccc1.CC(=O)C(C)(C)NC(=O)OC(C)(C)C.CC(C)(C)C. The zero-order valence-corrected chi connectivity index (χ0v) is 34.3. The third-order valence-electron chi connectivity index (χ3n) is 8.02. The van der Waals surface area contributed by atoms with E-state index >= 15 is 0 Å². The number of benzene rings is 2. The highest BCUT2D eigenvalue weighted by Crippen LogP contribution is 2.27. The van der Waals surface area contributed by atoms with Gasteiger partial charge in [0.05, 0.1) is 18.8 Å². The summed E-state index contributed by atoms with van der Waals surface area (Å²) in [6.45, 7) is 29.7. The zero-order chi connectivity index (χ0) is 40.0. The molecule has 1 aromatic heterocycles. The van der Waals surface area contributed by atoms with Crippen molar-refractivity contribution in [3.63, 3.8) is 0 Å². The molecule has 0 aliphatic carbocycles. The number of Topliss-reactive ketones (excluding diaryl/α,β-unsaturated/α-hetero) is 1. The predicted octanol–water partition coefficient (Wildman–Crippen LogP) is 9.11. The smallest absolute Gasteiger partial charge is 0.408 e. The van der Waals surface area contributed by atoms with E-state index in [0.717, 1.165) is 48.6 Å². The van der Waals surface area contributed by atoms with Crippen molar-refractivity contribution in [2.75, 3.05) is 25.0 Å². The van der Waals surface area contributed by atoms with E-state index in [9.17, 15) is 14.4 Å². The van der Waals surface area contributed by atoms with Crippen LogP contribution in [0.25, 0.3) is 0 Å². The van der Waals surface area contributed by atoms with Gasteiger partial charge in [0.15, 0.2) is 5.78 Å². The van der Waals surface area contributed by atoms with E-state index < -0.39 is 23.3 Å². The van der Waals surface area contributed by atoms with Crippen molar-refractivity contribution in [2.24, 2.45) is 11.3 Å². The summed E-state index contributed by atoms with van der Waals surface area (Å²) in [4.78, 5) is 42.5.